The number of azide groups is 1. The first-order valence-corrected chi connectivity index (χ1v) is 14.4. The molecule has 2 heterocycles. The molecule has 0 bridgehead atoms. The van der Waals surface area contributed by atoms with Crippen LogP contribution in [0.25, 0.3) is 21.8 Å². The summed E-state index contributed by atoms with van der Waals surface area (Å²) in [5.74, 6) is -1.25. The highest BCUT2D eigenvalue weighted by molar-refractivity contribution is 6.14. The van der Waals surface area contributed by atoms with E-state index in [2.05, 4.69) is 34.2 Å². The Hall–Kier alpha value is -4.47. The van der Waals surface area contributed by atoms with Crippen molar-refractivity contribution in [2.45, 2.75) is 58.5 Å². The number of carboxylic acid groups (broad SMARTS) is 1. The largest absolute Gasteiger partial charge is 0.478 e. The van der Waals surface area contributed by atoms with Gasteiger partial charge in [0.15, 0.2) is 5.78 Å². The minimum Gasteiger partial charge on any atom is -0.478 e. The lowest BCUT2D eigenvalue weighted by Crippen LogP contribution is -2.38. The second-order valence-electron chi connectivity index (χ2n) is 10.6. The number of carbonyl (C=O) groups is 3. The van der Waals surface area contributed by atoms with E-state index in [1.54, 1.807) is 36.0 Å². The highest BCUT2D eigenvalue weighted by atomic mass is 16.4. The van der Waals surface area contributed by atoms with Gasteiger partial charge >= 0.3 is 5.97 Å². The van der Waals surface area contributed by atoms with Crippen LogP contribution in [0.5, 0.6) is 0 Å². The number of aryl methyl sites for hydroxylation is 1. The average molecular weight is 572 g/mol. The monoisotopic (exact) mass is 571 g/mol. The molecule has 42 heavy (non-hydrogen) atoms. The highest BCUT2D eigenvalue weighted by Gasteiger charge is 2.27. The molecule has 1 aliphatic rings. The predicted octanol–water partition coefficient (Wildman–Crippen LogP) is 5.38. The van der Waals surface area contributed by atoms with Crippen molar-refractivity contribution < 1.29 is 19.5 Å². The van der Waals surface area contributed by atoms with Gasteiger partial charge in [-0.15, -0.1) is 0 Å². The van der Waals surface area contributed by atoms with Gasteiger partial charge in [0.25, 0.3) is 5.91 Å². The van der Waals surface area contributed by atoms with Crippen LogP contribution in [0.3, 0.4) is 0 Å². The molecule has 3 aromatic rings. The topological polar surface area (TPSA) is 153 Å². The fourth-order valence-electron chi connectivity index (χ4n) is 5.29. The predicted molar refractivity (Wildman–Crippen MR) is 160 cm³/mol. The number of hydrogen-bond donors (Lipinski definition) is 2. The number of carbonyl (C=O) groups excluding carboxylic acids is 2. The van der Waals surface area contributed by atoms with Crippen LogP contribution in [0, 0.1) is 0 Å². The number of nitrogens with one attached hydrogen (secondary N) is 1. The zero-order chi connectivity index (χ0) is 30.2. The second kappa shape index (κ2) is 13.9. The Bertz CT molecular complexity index is 1520. The second-order valence-corrected chi connectivity index (χ2v) is 10.6. The first-order chi connectivity index (χ1) is 20.3. The fraction of sp³-hybridized carbons (Fsp3) is 0.419. The van der Waals surface area contributed by atoms with Gasteiger partial charge in [0.2, 0.25) is 0 Å². The Morgan fingerprint density at radius 3 is 2.55 bits per heavy atom. The third-order valence-corrected chi connectivity index (χ3v) is 7.61. The number of amides is 1. The lowest BCUT2D eigenvalue weighted by Gasteiger charge is -2.27. The maximum absolute atomic E-state index is 14.2. The van der Waals surface area contributed by atoms with Crippen LogP contribution < -0.4 is 5.32 Å². The molecule has 11 nitrogen and oxygen atoms in total. The van der Waals surface area contributed by atoms with E-state index >= 15 is 0 Å². The molecule has 2 aromatic carbocycles. The molecular weight excluding hydrogens is 534 g/mol. The first kappa shape index (κ1) is 30.5. The van der Waals surface area contributed by atoms with E-state index in [1.807, 2.05) is 11.0 Å². The number of benzene rings is 2. The number of ketones is 1. The van der Waals surface area contributed by atoms with Crippen LogP contribution in [-0.4, -0.2) is 62.9 Å². The summed E-state index contributed by atoms with van der Waals surface area (Å²) in [5.41, 5.74) is 11.9. The van der Waals surface area contributed by atoms with Crippen LogP contribution in [0.15, 0.2) is 47.7 Å². The summed E-state index contributed by atoms with van der Waals surface area (Å²) in [4.78, 5) is 48.9. The Morgan fingerprint density at radius 2 is 1.88 bits per heavy atom. The molecule has 0 aliphatic carbocycles. The number of rotatable bonds is 13. The van der Waals surface area contributed by atoms with Crippen LogP contribution >= 0.6 is 0 Å². The van der Waals surface area contributed by atoms with E-state index in [-0.39, 0.29) is 41.1 Å². The number of hydrogen-bond acceptors (Lipinski definition) is 6. The van der Waals surface area contributed by atoms with Gasteiger partial charge in [-0.1, -0.05) is 50.0 Å². The van der Waals surface area contributed by atoms with Crippen molar-refractivity contribution in [3.05, 3.63) is 86.5 Å². The molecule has 1 aromatic heterocycles. The van der Waals surface area contributed by atoms with Crippen molar-refractivity contribution in [1.82, 2.24) is 19.8 Å². The van der Waals surface area contributed by atoms with E-state index in [0.717, 1.165) is 36.8 Å². The minimum absolute atomic E-state index is 0.0226. The number of fused-ring (bicyclic) bond motifs is 1. The van der Waals surface area contributed by atoms with Crippen molar-refractivity contribution in [2.24, 2.45) is 12.2 Å². The molecule has 1 aliphatic heterocycles. The molecule has 11 heteroatoms. The van der Waals surface area contributed by atoms with Gasteiger partial charge < -0.3 is 19.9 Å². The Kier molecular flexibility index (Phi) is 10.1. The van der Waals surface area contributed by atoms with E-state index in [0.29, 0.717) is 43.0 Å². The van der Waals surface area contributed by atoms with Crippen molar-refractivity contribution in [3.8, 4) is 11.4 Å². The lowest BCUT2D eigenvalue weighted by molar-refractivity contribution is 0.0695. The summed E-state index contributed by atoms with van der Waals surface area (Å²) in [7, 11) is 1.76. The van der Waals surface area contributed by atoms with Crippen molar-refractivity contribution >= 4 is 17.7 Å². The number of aromatic nitrogens is 2. The zero-order valence-corrected chi connectivity index (χ0v) is 24.3. The summed E-state index contributed by atoms with van der Waals surface area (Å²) >= 11 is 0. The number of imidazole rings is 1. The van der Waals surface area contributed by atoms with Gasteiger partial charge in [0.05, 0.1) is 5.56 Å². The fourth-order valence-corrected chi connectivity index (χ4v) is 5.29. The maximum atomic E-state index is 14.2. The third-order valence-electron chi connectivity index (χ3n) is 7.61. The van der Waals surface area contributed by atoms with Crippen LogP contribution in [0.2, 0.25) is 0 Å². The molecule has 220 valence electrons. The molecular formula is C31H37N7O4. The van der Waals surface area contributed by atoms with Crippen LogP contribution in [0.4, 0.5) is 0 Å². The standard InChI is InChI=1S/C31H37N7O4/c1-4-6-13-38(14-7-5-2)30(40)27-19-37(3)29(35-27)24-12-11-20(31(41)42)15-26(24)28(39)23-10-8-9-21-17-33-22(16-25(21)23)18-34-36-32/h8-12,15,19,22,33H,4-7,13-14,16-18H2,1-3H3,(H,41,42). The Balaban J connectivity index is 1.76. The molecule has 4 rings (SSSR count). The molecule has 0 saturated carbocycles. The first-order valence-electron chi connectivity index (χ1n) is 14.4. The maximum Gasteiger partial charge on any atom is 0.335 e. The van der Waals surface area contributed by atoms with Crippen molar-refractivity contribution in [1.29, 1.82) is 0 Å². The molecule has 0 saturated heterocycles. The smallest absolute Gasteiger partial charge is 0.335 e. The number of nitrogens with zero attached hydrogens (tertiary/aromatic N) is 6. The summed E-state index contributed by atoms with van der Waals surface area (Å²) < 4.78 is 1.71. The SMILES string of the molecule is CCCCN(CCCC)C(=O)c1cn(C)c(-c2ccc(C(=O)O)cc2C(=O)c2cccc3c2CC(CN=[N+]=[N-])NC3)n1. The average Bonchev–Trinajstić information content (AvgIpc) is 3.39. The van der Waals surface area contributed by atoms with Gasteiger partial charge in [-0.3, -0.25) is 9.59 Å². The Labute approximate surface area is 245 Å². The molecule has 2 N–H and O–H groups in total. The van der Waals surface area contributed by atoms with E-state index in [1.165, 1.54) is 12.1 Å². The van der Waals surface area contributed by atoms with Gasteiger partial charge in [0, 0.05) is 67.1 Å². The summed E-state index contributed by atoms with van der Waals surface area (Å²) in [6, 6.07) is 9.76. The molecule has 1 amide bonds. The number of aromatic carboxylic acids is 1. The minimum atomic E-state index is -1.15. The van der Waals surface area contributed by atoms with Gasteiger partial charge in [-0.25, -0.2) is 9.78 Å². The summed E-state index contributed by atoms with van der Waals surface area (Å²) in [5, 5.41) is 16.7. The lowest BCUT2D eigenvalue weighted by atomic mass is 9.86. The molecule has 0 radical (unpaired) electrons. The summed E-state index contributed by atoms with van der Waals surface area (Å²) in [6.07, 6.45) is 5.87. The van der Waals surface area contributed by atoms with E-state index in [9.17, 15) is 19.5 Å². The summed E-state index contributed by atoms with van der Waals surface area (Å²) in [6.45, 7) is 6.22. The van der Waals surface area contributed by atoms with E-state index in [4.69, 9.17) is 5.53 Å². The normalized spacial score (nSPS) is 14.1. The van der Waals surface area contributed by atoms with Crippen LogP contribution in [-0.2, 0) is 20.0 Å². The zero-order valence-electron chi connectivity index (χ0n) is 24.3. The molecule has 0 spiro atoms. The third kappa shape index (κ3) is 6.70. The Morgan fingerprint density at radius 1 is 1.14 bits per heavy atom. The molecule has 1 unspecified atom stereocenters. The molecule has 1 atom stereocenters. The van der Waals surface area contributed by atoms with E-state index < -0.39 is 5.97 Å². The van der Waals surface area contributed by atoms with Gasteiger partial charge in [-0.05, 0) is 54.1 Å². The van der Waals surface area contributed by atoms with Gasteiger partial charge in [0.1, 0.15) is 11.5 Å². The van der Waals surface area contributed by atoms with Crippen LogP contribution in [0.1, 0.15) is 87.4 Å². The quantitative estimate of drug-likeness (QED) is 0.121. The number of unbranched alkanes of at least 4 members (excludes halogenated alkanes) is 2. The molecule has 0 fully saturated rings. The number of carboxylic acids is 1. The van der Waals surface area contributed by atoms with Crippen molar-refractivity contribution in [2.75, 3.05) is 19.6 Å². The van der Waals surface area contributed by atoms with Gasteiger partial charge in [-0.2, -0.15) is 0 Å². The highest BCUT2D eigenvalue weighted by Crippen LogP contribution is 2.30. The van der Waals surface area contributed by atoms with Crippen molar-refractivity contribution in [3.63, 3.8) is 0 Å².